The minimum absolute atomic E-state index is 0.367. The maximum atomic E-state index is 11.6. The Morgan fingerprint density at radius 2 is 2.11 bits per heavy atom. The second-order valence-corrected chi connectivity index (χ2v) is 4.24. The van der Waals surface area contributed by atoms with Gasteiger partial charge in [0.05, 0.1) is 19.3 Å². The third-order valence-corrected chi connectivity index (χ3v) is 2.70. The first kappa shape index (κ1) is 14.6. The van der Waals surface area contributed by atoms with Crippen LogP contribution < -0.4 is 0 Å². The highest BCUT2D eigenvalue weighted by atomic mass is 35.5. The molecule has 0 aliphatic carbocycles. The van der Waals surface area contributed by atoms with Crippen LogP contribution in [0, 0.1) is 0 Å². The van der Waals surface area contributed by atoms with Gasteiger partial charge in [-0.3, -0.25) is 0 Å². The SMILES string of the molecule is C=C(OCCCC)c1ccc(Cl)cc1C(=O)OC. The van der Waals surface area contributed by atoms with E-state index in [1.165, 1.54) is 7.11 Å². The normalized spacial score (nSPS) is 9.94. The fourth-order valence-electron chi connectivity index (χ4n) is 1.46. The largest absolute Gasteiger partial charge is 0.494 e. The summed E-state index contributed by atoms with van der Waals surface area (Å²) < 4.78 is 10.2. The van der Waals surface area contributed by atoms with Crippen molar-refractivity contribution in [3.05, 3.63) is 40.9 Å². The van der Waals surface area contributed by atoms with Crippen LogP contribution in [0.3, 0.4) is 0 Å². The van der Waals surface area contributed by atoms with Gasteiger partial charge in [-0.05, 0) is 24.6 Å². The van der Waals surface area contributed by atoms with Crippen LogP contribution in [-0.2, 0) is 9.47 Å². The summed E-state index contributed by atoms with van der Waals surface area (Å²) in [5.41, 5.74) is 0.980. The maximum Gasteiger partial charge on any atom is 0.338 e. The van der Waals surface area contributed by atoms with Gasteiger partial charge in [-0.2, -0.15) is 0 Å². The molecule has 0 radical (unpaired) electrons. The van der Waals surface area contributed by atoms with Gasteiger partial charge in [-0.1, -0.05) is 31.5 Å². The zero-order chi connectivity index (χ0) is 13.5. The van der Waals surface area contributed by atoms with Gasteiger partial charge in [-0.15, -0.1) is 0 Å². The highest BCUT2D eigenvalue weighted by molar-refractivity contribution is 6.31. The lowest BCUT2D eigenvalue weighted by molar-refractivity contribution is 0.0599. The predicted octanol–water partition coefficient (Wildman–Crippen LogP) is 3.91. The van der Waals surface area contributed by atoms with E-state index in [2.05, 4.69) is 13.5 Å². The zero-order valence-electron chi connectivity index (χ0n) is 10.7. The average molecular weight is 269 g/mol. The molecule has 0 N–H and O–H groups in total. The number of unbranched alkanes of at least 4 members (excludes halogenated alkanes) is 1. The zero-order valence-corrected chi connectivity index (χ0v) is 11.4. The molecule has 0 aromatic heterocycles. The van der Waals surface area contributed by atoms with Crippen molar-refractivity contribution in [1.82, 2.24) is 0 Å². The summed E-state index contributed by atoms with van der Waals surface area (Å²) in [6.45, 7) is 6.49. The van der Waals surface area contributed by atoms with Crippen LogP contribution in [0.25, 0.3) is 5.76 Å². The van der Waals surface area contributed by atoms with Crippen LogP contribution >= 0.6 is 11.6 Å². The van der Waals surface area contributed by atoms with E-state index in [1.54, 1.807) is 18.2 Å². The van der Waals surface area contributed by atoms with E-state index in [1.807, 2.05) is 0 Å². The number of ether oxygens (including phenoxy) is 2. The average Bonchev–Trinajstić information content (AvgIpc) is 2.37. The van der Waals surface area contributed by atoms with E-state index in [-0.39, 0.29) is 0 Å². The van der Waals surface area contributed by atoms with Crippen LogP contribution in [-0.4, -0.2) is 19.7 Å². The van der Waals surface area contributed by atoms with Gasteiger partial charge in [0.25, 0.3) is 0 Å². The summed E-state index contributed by atoms with van der Waals surface area (Å²) in [4.78, 5) is 11.6. The van der Waals surface area contributed by atoms with Crippen LogP contribution in [0.5, 0.6) is 0 Å². The highest BCUT2D eigenvalue weighted by Gasteiger charge is 2.15. The molecule has 0 aliphatic rings. The molecular formula is C14H17ClO3. The predicted molar refractivity (Wildman–Crippen MR) is 72.7 cm³/mol. The number of halogens is 1. The fraction of sp³-hybridized carbons (Fsp3) is 0.357. The molecule has 0 aliphatic heterocycles. The van der Waals surface area contributed by atoms with Crippen molar-refractivity contribution in [3.63, 3.8) is 0 Å². The summed E-state index contributed by atoms with van der Waals surface area (Å²) in [7, 11) is 1.33. The van der Waals surface area contributed by atoms with Crippen LogP contribution in [0.4, 0.5) is 0 Å². The van der Waals surface area contributed by atoms with E-state index >= 15 is 0 Å². The minimum Gasteiger partial charge on any atom is -0.494 e. The van der Waals surface area contributed by atoms with Crippen molar-refractivity contribution in [2.45, 2.75) is 19.8 Å². The third-order valence-electron chi connectivity index (χ3n) is 2.46. The molecule has 0 amide bonds. The minimum atomic E-state index is -0.451. The van der Waals surface area contributed by atoms with E-state index in [9.17, 15) is 4.79 Å². The second-order valence-electron chi connectivity index (χ2n) is 3.81. The van der Waals surface area contributed by atoms with Crippen molar-refractivity contribution in [2.75, 3.05) is 13.7 Å². The molecule has 3 nitrogen and oxygen atoms in total. The standard InChI is InChI=1S/C14H17ClO3/c1-4-5-8-18-10(2)12-7-6-11(15)9-13(12)14(16)17-3/h6-7,9H,2,4-5,8H2,1,3H3. The third kappa shape index (κ3) is 3.77. The highest BCUT2D eigenvalue weighted by Crippen LogP contribution is 2.23. The lowest BCUT2D eigenvalue weighted by atomic mass is 10.1. The van der Waals surface area contributed by atoms with Gasteiger partial charge in [0.1, 0.15) is 5.76 Å². The van der Waals surface area contributed by atoms with Gasteiger partial charge in [-0.25, -0.2) is 4.79 Å². The molecule has 0 bridgehead atoms. The molecule has 0 spiro atoms. The molecule has 4 heteroatoms. The Bertz CT molecular complexity index is 441. The topological polar surface area (TPSA) is 35.5 Å². The molecule has 98 valence electrons. The summed E-state index contributed by atoms with van der Waals surface area (Å²) >= 11 is 5.87. The van der Waals surface area contributed by atoms with Crippen LogP contribution in [0.2, 0.25) is 5.02 Å². The Balaban J connectivity index is 2.93. The number of benzene rings is 1. The Kier molecular flexibility index (Phi) is 5.72. The lowest BCUT2D eigenvalue weighted by Crippen LogP contribution is -2.06. The molecule has 1 aromatic carbocycles. The number of rotatable bonds is 6. The van der Waals surface area contributed by atoms with E-state index in [0.717, 1.165) is 12.8 Å². The second kappa shape index (κ2) is 7.07. The van der Waals surface area contributed by atoms with Gasteiger partial charge >= 0.3 is 5.97 Å². The molecule has 0 fully saturated rings. The van der Waals surface area contributed by atoms with E-state index in [4.69, 9.17) is 21.1 Å². The van der Waals surface area contributed by atoms with Crippen molar-refractivity contribution in [2.24, 2.45) is 0 Å². The molecule has 0 heterocycles. The first-order chi connectivity index (χ1) is 8.60. The number of methoxy groups -OCH3 is 1. The van der Waals surface area contributed by atoms with E-state index in [0.29, 0.717) is 28.5 Å². The molecule has 0 saturated heterocycles. The number of hydrogen-bond acceptors (Lipinski definition) is 3. The number of esters is 1. The smallest absolute Gasteiger partial charge is 0.338 e. The molecular weight excluding hydrogens is 252 g/mol. The molecule has 0 saturated carbocycles. The Hall–Kier alpha value is -1.48. The first-order valence-electron chi connectivity index (χ1n) is 5.80. The number of carbonyl (C=O) groups excluding carboxylic acids is 1. The van der Waals surface area contributed by atoms with Gasteiger partial charge in [0, 0.05) is 10.6 Å². The van der Waals surface area contributed by atoms with Crippen molar-refractivity contribution >= 4 is 23.3 Å². The quantitative estimate of drug-likeness (QED) is 0.446. The molecule has 0 unspecified atom stereocenters. The molecule has 18 heavy (non-hydrogen) atoms. The van der Waals surface area contributed by atoms with Gasteiger partial charge in [0.15, 0.2) is 0 Å². The monoisotopic (exact) mass is 268 g/mol. The van der Waals surface area contributed by atoms with Gasteiger partial charge < -0.3 is 9.47 Å². The molecule has 1 aromatic rings. The number of carbonyl (C=O) groups is 1. The Labute approximate surface area is 112 Å². The summed E-state index contributed by atoms with van der Waals surface area (Å²) in [5.74, 6) is 0.00765. The Morgan fingerprint density at radius 1 is 1.39 bits per heavy atom. The van der Waals surface area contributed by atoms with Crippen LogP contribution in [0.1, 0.15) is 35.7 Å². The van der Waals surface area contributed by atoms with Crippen molar-refractivity contribution in [3.8, 4) is 0 Å². The Morgan fingerprint density at radius 3 is 2.72 bits per heavy atom. The maximum absolute atomic E-state index is 11.6. The fourth-order valence-corrected chi connectivity index (χ4v) is 1.63. The summed E-state index contributed by atoms with van der Waals surface area (Å²) in [5, 5.41) is 0.473. The summed E-state index contributed by atoms with van der Waals surface area (Å²) in [6, 6.07) is 4.96. The van der Waals surface area contributed by atoms with Crippen molar-refractivity contribution in [1.29, 1.82) is 0 Å². The summed E-state index contributed by atoms with van der Waals surface area (Å²) in [6.07, 6.45) is 1.98. The van der Waals surface area contributed by atoms with Crippen molar-refractivity contribution < 1.29 is 14.3 Å². The van der Waals surface area contributed by atoms with Crippen LogP contribution in [0.15, 0.2) is 24.8 Å². The lowest BCUT2D eigenvalue weighted by Gasteiger charge is -2.12. The van der Waals surface area contributed by atoms with Gasteiger partial charge in [0.2, 0.25) is 0 Å². The molecule has 1 rings (SSSR count). The number of hydrogen-bond donors (Lipinski definition) is 0. The van der Waals surface area contributed by atoms with E-state index < -0.39 is 5.97 Å². The molecule has 0 atom stereocenters. The first-order valence-corrected chi connectivity index (χ1v) is 6.17.